The van der Waals surface area contributed by atoms with Crippen LogP contribution in [-0.2, 0) is 4.74 Å². The minimum atomic E-state index is -0.237. The zero-order chi connectivity index (χ0) is 14.7. The molecule has 2 heterocycles. The lowest BCUT2D eigenvalue weighted by Crippen LogP contribution is -2.29. The molecule has 21 heavy (non-hydrogen) atoms. The van der Waals surface area contributed by atoms with Crippen LogP contribution in [0.2, 0.25) is 5.02 Å². The Kier molecular flexibility index (Phi) is 4.22. The van der Waals surface area contributed by atoms with Crippen molar-refractivity contribution >= 4 is 17.5 Å². The van der Waals surface area contributed by atoms with Crippen LogP contribution in [0.1, 0.15) is 16.9 Å². The molecular formula is C15H15ClN2O3. The Morgan fingerprint density at radius 1 is 1.43 bits per heavy atom. The second-order valence-corrected chi connectivity index (χ2v) is 5.46. The van der Waals surface area contributed by atoms with Gasteiger partial charge in [-0.2, -0.15) is 0 Å². The number of halogens is 1. The van der Waals surface area contributed by atoms with Gasteiger partial charge >= 0.3 is 0 Å². The third-order valence-corrected chi connectivity index (χ3v) is 3.66. The highest BCUT2D eigenvalue weighted by molar-refractivity contribution is 6.30. The molecule has 0 spiro atoms. The van der Waals surface area contributed by atoms with Crippen molar-refractivity contribution in [2.45, 2.75) is 6.42 Å². The summed E-state index contributed by atoms with van der Waals surface area (Å²) in [4.78, 5) is 12.0. The van der Waals surface area contributed by atoms with Crippen LogP contribution in [0.25, 0.3) is 11.3 Å². The molecule has 0 bridgehead atoms. The van der Waals surface area contributed by atoms with Crippen molar-refractivity contribution in [2.75, 3.05) is 19.8 Å². The molecule has 1 amide bonds. The van der Waals surface area contributed by atoms with Crippen LogP contribution in [0.15, 0.2) is 34.9 Å². The number of nitrogens with zero attached hydrogens (tertiary/aromatic N) is 1. The van der Waals surface area contributed by atoms with E-state index >= 15 is 0 Å². The second kappa shape index (κ2) is 6.28. The van der Waals surface area contributed by atoms with Gasteiger partial charge in [-0.15, -0.1) is 0 Å². The molecule has 0 saturated carbocycles. The molecule has 1 saturated heterocycles. The van der Waals surface area contributed by atoms with E-state index in [-0.39, 0.29) is 11.6 Å². The van der Waals surface area contributed by atoms with Crippen LogP contribution in [0, 0.1) is 5.92 Å². The molecule has 1 fully saturated rings. The van der Waals surface area contributed by atoms with Crippen molar-refractivity contribution in [1.29, 1.82) is 0 Å². The molecule has 1 aromatic carbocycles. The van der Waals surface area contributed by atoms with Gasteiger partial charge in [0.25, 0.3) is 5.91 Å². The Labute approximate surface area is 127 Å². The number of rotatable bonds is 4. The Morgan fingerprint density at radius 3 is 3.10 bits per heavy atom. The number of carbonyl (C=O) groups excluding carboxylic acids is 1. The standard InChI is InChI=1S/C15H15ClN2O3/c16-12-3-1-2-11(6-12)14-7-13(18-21-14)15(19)17-8-10-4-5-20-9-10/h1-3,6-7,10H,4-5,8-9H2,(H,17,19)/t10-/m0/s1. The van der Waals surface area contributed by atoms with Crippen molar-refractivity contribution < 1.29 is 14.1 Å². The Balaban J connectivity index is 1.65. The van der Waals surface area contributed by atoms with E-state index in [1.165, 1.54) is 0 Å². The molecule has 1 N–H and O–H groups in total. The molecule has 1 aliphatic rings. The Hall–Kier alpha value is -1.85. The van der Waals surface area contributed by atoms with Crippen LogP contribution in [0.4, 0.5) is 0 Å². The highest BCUT2D eigenvalue weighted by atomic mass is 35.5. The minimum absolute atomic E-state index is 0.237. The highest BCUT2D eigenvalue weighted by Gasteiger charge is 2.18. The van der Waals surface area contributed by atoms with Crippen LogP contribution in [0.5, 0.6) is 0 Å². The number of hydrogen-bond donors (Lipinski definition) is 1. The summed E-state index contributed by atoms with van der Waals surface area (Å²) in [5, 5.41) is 7.26. The second-order valence-electron chi connectivity index (χ2n) is 5.03. The van der Waals surface area contributed by atoms with Crippen molar-refractivity contribution in [1.82, 2.24) is 10.5 Å². The largest absolute Gasteiger partial charge is 0.381 e. The molecule has 6 heteroatoms. The number of carbonyl (C=O) groups is 1. The van der Waals surface area contributed by atoms with Crippen LogP contribution in [0.3, 0.4) is 0 Å². The van der Waals surface area contributed by atoms with Gasteiger partial charge in [-0.3, -0.25) is 4.79 Å². The lowest BCUT2D eigenvalue weighted by molar-refractivity contribution is 0.0936. The Bertz CT molecular complexity index is 635. The smallest absolute Gasteiger partial charge is 0.273 e. The van der Waals surface area contributed by atoms with E-state index in [0.717, 1.165) is 18.6 Å². The number of nitrogens with one attached hydrogen (secondary N) is 1. The fraction of sp³-hybridized carbons (Fsp3) is 0.333. The van der Waals surface area contributed by atoms with Gasteiger partial charge < -0.3 is 14.6 Å². The maximum Gasteiger partial charge on any atom is 0.273 e. The monoisotopic (exact) mass is 306 g/mol. The molecule has 3 rings (SSSR count). The van der Waals surface area contributed by atoms with E-state index in [1.54, 1.807) is 18.2 Å². The number of benzene rings is 1. The van der Waals surface area contributed by atoms with Crippen LogP contribution in [-0.4, -0.2) is 30.8 Å². The molecular weight excluding hydrogens is 292 g/mol. The highest BCUT2D eigenvalue weighted by Crippen LogP contribution is 2.23. The lowest BCUT2D eigenvalue weighted by atomic mass is 10.1. The third-order valence-electron chi connectivity index (χ3n) is 3.43. The number of hydrogen-bond acceptors (Lipinski definition) is 4. The van der Waals surface area contributed by atoms with Crippen LogP contribution < -0.4 is 5.32 Å². The zero-order valence-electron chi connectivity index (χ0n) is 11.3. The Morgan fingerprint density at radius 2 is 2.33 bits per heavy atom. The first kappa shape index (κ1) is 14.1. The summed E-state index contributed by atoms with van der Waals surface area (Å²) < 4.78 is 10.5. The molecule has 1 aromatic heterocycles. The molecule has 1 aliphatic heterocycles. The fourth-order valence-electron chi connectivity index (χ4n) is 2.23. The third kappa shape index (κ3) is 3.43. The summed E-state index contributed by atoms with van der Waals surface area (Å²) in [6.07, 6.45) is 0.979. The predicted molar refractivity (Wildman–Crippen MR) is 78.2 cm³/mol. The molecule has 1 atom stereocenters. The van der Waals surface area contributed by atoms with E-state index < -0.39 is 0 Å². The van der Waals surface area contributed by atoms with Gasteiger partial charge in [0.05, 0.1) is 6.61 Å². The van der Waals surface area contributed by atoms with Crippen molar-refractivity contribution in [3.05, 3.63) is 41.0 Å². The summed E-state index contributed by atoms with van der Waals surface area (Å²) in [5.74, 6) is 0.666. The molecule has 5 nitrogen and oxygen atoms in total. The van der Waals surface area contributed by atoms with Crippen molar-refractivity contribution in [2.24, 2.45) is 5.92 Å². The van der Waals surface area contributed by atoms with E-state index in [2.05, 4.69) is 10.5 Å². The summed E-state index contributed by atoms with van der Waals surface area (Å²) in [7, 11) is 0. The number of ether oxygens (including phenoxy) is 1. The van der Waals surface area contributed by atoms with Crippen molar-refractivity contribution in [3.63, 3.8) is 0 Å². The first-order valence-electron chi connectivity index (χ1n) is 6.81. The van der Waals surface area contributed by atoms with E-state index in [0.29, 0.717) is 29.9 Å². The van der Waals surface area contributed by atoms with Gasteiger partial charge in [0.2, 0.25) is 0 Å². The molecule has 0 unspecified atom stereocenters. The van der Waals surface area contributed by atoms with Gasteiger partial charge in [0.15, 0.2) is 11.5 Å². The van der Waals surface area contributed by atoms with Gasteiger partial charge in [-0.25, -0.2) is 0 Å². The summed E-state index contributed by atoms with van der Waals surface area (Å²) >= 11 is 5.93. The lowest BCUT2D eigenvalue weighted by Gasteiger charge is -2.07. The molecule has 0 aliphatic carbocycles. The molecule has 2 aromatic rings. The quantitative estimate of drug-likeness (QED) is 0.943. The predicted octanol–water partition coefficient (Wildman–Crippen LogP) is 2.76. The van der Waals surface area contributed by atoms with Gasteiger partial charge in [0.1, 0.15) is 0 Å². The summed E-state index contributed by atoms with van der Waals surface area (Å²) in [6, 6.07) is 8.83. The normalized spacial score (nSPS) is 17.9. The summed E-state index contributed by atoms with van der Waals surface area (Å²) in [5.41, 5.74) is 1.06. The zero-order valence-corrected chi connectivity index (χ0v) is 12.1. The maximum absolute atomic E-state index is 12.0. The molecule has 0 radical (unpaired) electrons. The van der Waals surface area contributed by atoms with E-state index in [1.807, 2.05) is 12.1 Å². The van der Waals surface area contributed by atoms with Gasteiger partial charge in [0, 0.05) is 35.7 Å². The number of amides is 1. The SMILES string of the molecule is O=C(NC[C@@H]1CCOC1)c1cc(-c2cccc(Cl)c2)on1. The first-order valence-corrected chi connectivity index (χ1v) is 7.19. The van der Waals surface area contributed by atoms with Gasteiger partial charge in [-0.05, 0) is 18.6 Å². The van der Waals surface area contributed by atoms with E-state index in [9.17, 15) is 4.79 Å². The topological polar surface area (TPSA) is 64.4 Å². The van der Waals surface area contributed by atoms with Crippen molar-refractivity contribution in [3.8, 4) is 11.3 Å². The summed E-state index contributed by atoms with van der Waals surface area (Å²) in [6.45, 7) is 2.06. The van der Waals surface area contributed by atoms with Gasteiger partial charge in [-0.1, -0.05) is 28.9 Å². The maximum atomic E-state index is 12.0. The van der Waals surface area contributed by atoms with E-state index in [4.69, 9.17) is 20.9 Å². The molecule has 110 valence electrons. The first-order chi connectivity index (χ1) is 10.2. The minimum Gasteiger partial charge on any atom is -0.381 e. The van der Waals surface area contributed by atoms with Crippen LogP contribution >= 0.6 is 11.6 Å². The average molecular weight is 307 g/mol. The number of aromatic nitrogens is 1. The fourth-order valence-corrected chi connectivity index (χ4v) is 2.42. The average Bonchev–Trinajstić information content (AvgIpc) is 3.16.